The van der Waals surface area contributed by atoms with Gasteiger partial charge in [-0.2, -0.15) is 0 Å². The molecule has 1 unspecified atom stereocenters. The van der Waals surface area contributed by atoms with E-state index in [1.54, 1.807) is 4.90 Å². The summed E-state index contributed by atoms with van der Waals surface area (Å²) in [4.78, 5) is 14.6. The number of β-amino-alcohol motifs (C(OH)–C–C–N with tert-alkyl or cyclic N) is 1. The van der Waals surface area contributed by atoms with Gasteiger partial charge in [-0.15, -0.1) is 0 Å². The van der Waals surface area contributed by atoms with Crippen LogP contribution < -0.4 is 0 Å². The first-order valence-corrected chi connectivity index (χ1v) is 8.05. The van der Waals surface area contributed by atoms with E-state index in [2.05, 4.69) is 13.8 Å². The van der Waals surface area contributed by atoms with Crippen LogP contribution >= 0.6 is 11.6 Å². The molecule has 0 aromatic heterocycles. The van der Waals surface area contributed by atoms with E-state index in [1.165, 1.54) is 0 Å². The lowest BCUT2D eigenvalue weighted by Gasteiger charge is -2.48. The van der Waals surface area contributed by atoms with Crippen LogP contribution in [-0.2, 0) is 4.79 Å². The van der Waals surface area contributed by atoms with Crippen molar-refractivity contribution in [3.8, 4) is 0 Å². The van der Waals surface area contributed by atoms with Crippen LogP contribution in [0.15, 0.2) is 24.3 Å². The first-order chi connectivity index (χ1) is 9.90. The lowest BCUT2D eigenvalue weighted by atomic mass is 9.83. The Morgan fingerprint density at radius 1 is 1.29 bits per heavy atom. The number of benzene rings is 1. The Hall–Kier alpha value is -1.06. The van der Waals surface area contributed by atoms with Gasteiger partial charge in [0.25, 0.3) is 0 Å². The van der Waals surface area contributed by atoms with Crippen LogP contribution in [0.25, 0.3) is 0 Å². The predicted molar refractivity (Wildman–Crippen MR) is 83.3 cm³/mol. The van der Waals surface area contributed by atoms with Crippen molar-refractivity contribution in [3.05, 3.63) is 34.9 Å². The zero-order valence-corrected chi connectivity index (χ0v) is 13.3. The Bertz CT molecular complexity index is 530. The lowest BCUT2D eigenvalue weighted by molar-refractivity contribution is -0.161. The summed E-state index contributed by atoms with van der Waals surface area (Å²) in [5, 5.41) is 11.1. The van der Waals surface area contributed by atoms with Gasteiger partial charge in [0.1, 0.15) is 5.60 Å². The predicted octanol–water partition coefficient (Wildman–Crippen LogP) is 3.06. The van der Waals surface area contributed by atoms with E-state index < -0.39 is 5.60 Å². The summed E-state index contributed by atoms with van der Waals surface area (Å²) in [5.41, 5.74) is 0.387. The van der Waals surface area contributed by atoms with Crippen LogP contribution in [0.5, 0.6) is 0 Å². The highest BCUT2D eigenvalue weighted by Gasteiger charge is 2.54. The Balaban J connectivity index is 1.72. The van der Waals surface area contributed by atoms with Crippen LogP contribution in [0.2, 0.25) is 5.02 Å². The van der Waals surface area contributed by atoms with Crippen molar-refractivity contribution in [3.63, 3.8) is 0 Å². The molecule has 1 saturated heterocycles. The van der Waals surface area contributed by atoms with Crippen molar-refractivity contribution in [1.29, 1.82) is 0 Å². The second-order valence-electron chi connectivity index (χ2n) is 6.85. The third-order valence-corrected chi connectivity index (χ3v) is 4.99. The Labute approximate surface area is 130 Å². The average molecular weight is 308 g/mol. The molecule has 1 amide bonds. The average Bonchev–Trinajstić information content (AvgIpc) is 3.21. The highest BCUT2D eigenvalue weighted by Crippen LogP contribution is 2.45. The van der Waals surface area contributed by atoms with E-state index in [4.69, 9.17) is 11.6 Å². The number of carbonyl (C=O) groups excluding carboxylic acids is 1. The minimum Gasteiger partial charge on any atom is -0.386 e. The van der Waals surface area contributed by atoms with Gasteiger partial charge in [-0.3, -0.25) is 4.79 Å². The van der Waals surface area contributed by atoms with E-state index in [0.29, 0.717) is 24.0 Å². The zero-order chi connectivity index (χ0) is 15.2. The molecule has 0 bridgehead atoms. The molecule has 114 valence electrons. The van der Waals surface area contributed by atoms with E-state index in [0.717, 1.165) is 18.4 Å². The number of halogens is 1. The topological polar surface area (TPSA) is 40.5 Å². The van der Waals surface area contributed by atoms with Crippen LogP contribution in [0.4, 0.5) is 0 Å². The van der Waals surface area contributed by atoms with Gasteiger partial charge in [-0.25, -0.2) is 0 Å². The van der Waals surface area contributed by atoms with Crippen molar-refractivity contribution >= 4 is 17.5 Å². The van der Waals surface area contributed by atoms with Crippen molar-refractivity contribution < 1.29 is 9.90 Å². The summed E-state index contributed by atoms with van der Waals surface area (Å²) in [6.45, 7) is 5.11. The molecule has 1 N–H and O–H groups in total. The fourth-order valence-corrected chi connectivity index (χ4v) is 3.45. The number of hydrogen-bond donors (Lipinski definition) is 1. The second kappa shape index (κ2) is 5.29. The number of rotatable bonds is 4. The third-order valence-electron chi connectivity index (χ3n) is 4.74. The summed E-state index contributed by atoms with van der Waals surface area (Å²) in [7, 11) is 0. The quantitative estimate of drug-likeness (QED) is 0.928. The van der Waals surface area contributed by atoms with Crippen molar-refractivity contribution in [2.45, 2.75) is 38.2 Å². The van der Waals surface area contributed by atoms with E-state index >= 15 is 0 Å². The van der Waals surface area contributed by atoms with Crippen LogP contribution in [-0.4, -0.2) is 34.6 Å². The Kier molecular flexibility index (Phi) is 3.74. The molecule has 0 radical (unpaired) electrons. The largest absolute Gasteiger partial charge is 0.386 e. The van der Waals surface area contributed by atoms with Gasteiger partial charge in [0.05, 0.1) is 19.0 Å². The molecule has 3 nitrogen and oxygen atoms in total. The molecule has 1 aliphatic heterocycles. The van der Waals surface area contributed by atoms with Crippen molar-refractivity contribution in [2.24, 2.45) is 11.8 Å². The molecule has 2 aliphatic rings. The molecular formula is C17H22ClNO2. The number of aliphatic hydroxyl groups is 1. The monoisotopic (exact) mass is 307 g/mol. The Morgan fingerprint density at radius 3 is 2.33 bits per heavy atom. The number of amides is 1. The molecule has 1 atom stereocenters. The SMILES string of the molecule is CC(C)C(C(=O)N1CC(O)(C2CC2)C1)c1ccc(Cl)cc1. The number of carbonyl (C=O) groups is 1. The highest BCUT2D eigenvalue weighted by molar-refractivity contribution is 6.30. The maximum absolute atomic E-state index is 12.8. The molecular weight excluding hydrogens is 286 g/mol. The van der Waals surface area contributed by atoms with E-state index in [1.807, 2.05) is 24.3 Å². The molecule has 1 saturated carbocycles. The van der Waals surface area contributed by atoms with Gasteiger partial charge in [0.15, 0.2) is 0 Å². The van der Waals surface area contributed by atoms with Gasteiger partial charge in [-0.05, 0) is 42.4 Å². The highest BCUT2D eigenvalue weighted by atomic mass is 35.5. The fourth-order valence-electron chi connectivity index (χ4n) is 3.33. The molecule has 1 aromatic rings. The number of hydrogen-bond acceptors (Lipinski definition) is 2. The van der Waals surface area contributed by atoms with Crippen molar-refractivity contribution in [1.82, 2.24) is 4.90 Å². The second-order valence-corrected chi connectivity index (χ2v) is 7.28. The first-order valence-electron chi connectivity index (χ1n) is 7.67. The molecule has 21 heavy (non-hydrogen) atoms. The summed E-state index contributed by atoms with van der Waals surface area (Å²) in [6, 6.07) is 7.52. The third kappa shape index (κ3) is 2.82. The van der Waals surface area contributed by atoms with Crippen LogP contribution in [0.1, 0.15) is 38.2 Å². The molecule has 0 spiro atoms. The summed E-state index contributed by atoms with van der Waals surface area (Å²) < 4.78 is 0. The fraction of sp³-hybridized carbons (Fsp3) is 0.588. The van der Waals surface area contributed by atoms with Gasteiger partial charge in [-0.1, -0.05) is 37.6 Å². The minimum absolute atomic E-state index is 0.123. The van der Waals surface area contributed by atoms with E-state index in [9.17, 15) is 9.90 Å². The van der Waals surface area contributed by atoms with Crippen molar-refractivity contribution in [2.75, 3.05) is 13.1 Å². The lowest BCUT2D eigenvalue weighted by Crippen LogP contribution is -2.65. The van der Waals surface area contributed by atoms with Crippen LogP contribution in [0.3, 0.4) is 0 Å². The van der Waals surface area contributed by atoms with E-state index in [-0.39, 0.29) is 17.7 Å². The Morgan fingerprint density at radius 2 is 1.86 bits per heavy atom. The molecule has 4 heteroatoms. The summed E-state index contributed by atoms with van der Waals surface area (Å²) in [5.74, 6) is 0.589. The molecule has 1 heterocycles. The maximum Gasteiger partial charge on any atom is 0.230 e. The molecule has 2 fully saturated rings. The smallest absolute Gasteiger partial charge is 0.230 e. The first kappa shape index (κ1) is 14.9. The number of nitrogens with zero attached hydrogens (tertiary/aromatic N) is 1. The van der Waals surface area contributed by atoms with Gasteiger partial charge in [0, 0.05) is 5.02 Å². The summed E-state index contributed by atoms with van der Waals surface area (Å²) >= 11 is 5.93. The normalized spacial score (nSPS) is 22.0. The molecule has 3 rings (SSSR count). The summed E-state index contributed by atoms with van der Waals surface area (Å²) in [6.07, 6.45) is 2.20. The maximum atomic E-state index is 12.8. The number of likely N-dealkylation sites (tertiary alicyclic amines) is 1. The van der Waals surface area contributed by atoms with Crippen LogP contribution in [0, 0.1) is 11.8 Å². The zero-order valence-electron chi connectivity index (χ0n) is 12.6. The molecule has 1 aliphatic carbocycles. The van der Waals surface area contributed by atoms with Gasteiger partial charge in [0.2, 0.25) is 5.91 Å². The molecule has 1 aromatic carbocycles. The minimum atomic E-state index is -0.614. The van der Waals surface area contributed by atoms with Gasteiger partial charge >= 0.3 is 0 Å². The van der Waals surface area contributed by atoms with Gasteiger partial charge < -0.3 is 10.0 Å². The standard InChI is InChI=1S/C17H22ClNO2/c1-11(2)15(12-3-7-14(18)8-4-12)16(20)19-9-17(21,10-19)13-5-6-13/h3-4,7-8,11,13,15,21H,5-6,9-10H2,1-2H3.